The normalized spacial score (nSPS) is 10.8. The minimum Gasteiger partial charge on any atom is -0.481 e. The van der Waals surface area contributed by atoms with Gasteiger partial charge in [-0.15, -0.1) is 0 Å². The van der Waals surface area contributed by atoms with Gasteiger partial charge >= 0.3 is 5.97 Å². The molecule has 0 amide bonds. The van der Waals surface area contributed by atoms with E-state index in [2.05, 4.69) is 10.2 Å². The first-order chi connectivity index (χ1) is 8.09. The molecular weight excluding hydrogens is 216 g/mol. The van der Waals surface area contributed by atoms with Gasteiger partial charge in [0.25, 0.3) is 0 Å². The summed E-state index contributed by atoms with van der Waals surface area (Å²) < 4.78 is 0. The average molecular weight is 236 g/mol. The second-order valence-electron chi connectivity index (χ2n) is 4.32. The lowest BCUT2D eigenvalue weighted by atomic mass is 10.0. The van der Waals surface area contributed by atoms with Crippen molar-refractivity contribution in [2.75, 3.05) is 27.2 Å². The molecule has 1 aromatic carbocycles. The lowest BCUT2D eigenvalue weighted by Gasteiger charge is -2.12. The minimum absolute atomic E-state index is 0.0888. The van der Waals surface area contributed by atoms with Gasteiger partial charge in [0.2, 0.25) is 0 Å². The number of benzene rings is 1. The van der Waals surface area contributed by atoms with Crippen LogP contribution >= 0.6 is 0 Å². The number of rotatable bonds is 7. The van der Waals surface area contributed by atoms with Crippen LogP contribution < -0.4 is 5.32 Å². The summed E-state index contributed by atoms with van der Waals surface area (Å²) in [5, 5.41) is 12.1. The van der Waals surface area contributed by atoms with Crippen molar-refractivity contribution in [2.24, 2.45) is 0 Å². The summed E-state index contributed by atoms with van der Waals surface area (Å²) in [6.45, 7) is 2.59. The van der Waals surface area contributed by atoms with E-state index in [1.54, 1.807) is 0 Å². The Morgan fingerprint density at radius 3 is 2.53 bits per heavy atom. The molecule has 0 unspecified atom stereocenters. The second-order valence-corrected chi connectivity index (χ2v) is 4.32. The van der Waals surface area contributed by atoms with Gasteiger partial charge in [-0.25, -0.2) is 0 Å². The van der Waals surface area contributed by atoms with Crippen LogP contribution in [0.2, 0.25) is 0 Å². The molecule has 0 heterocycles. The largest absolute Gasteiger partial charge is 0.481 e. The highest BCUT2D eigenvalue weighted by Gasteiger charge is 2.05. The summed E-state index contributed by atoms with van der Waals surface area (Å²) in [6, 6.07) is 7.66. The lowest BCUT2D eigenvalue weighted by Crippen LogP contribution is -2.26. The molecular formula is C13H20N2O2. The maximum absolute atomic E-state index is 10.7. The van der Waals surface area contributed by atoms with Crippen LogP contribution in [0.25, 0.3) is 0 Å². The molecule has 0 atom stereocenters. The van der Waals surface area contributed by atoms with Gasteiger partial charge < -0.3 is 15.3 Å². The molecule has 94 valence electrons. The van der Waals surface area contributed by atoms with E-state index < -0.39 is 5.97 Å². The number of nitrogens with zero attached hydrogens (tertiary/aromatic N) is 1. The Bertz CT molecular complexity index is 364. The van der Waals surface area contributed by atoms with Gasteiger partial charge in [0.15, 0.2) is 0 Å². The van der Waals surface area contributed by atoms with Crippen molar-refractivity contribution in [3.8, 4) is 0 Å². The molecule has 2 N–H and O–H groups in total. The van der Waals surface area contributed by atoms with Crippen LogP contribution in [-0.4, -0.2) is 43.2 Å². The number of carboxylic acid groups (broad SMARTS) is 1. The van der Waals surface area contributed by atoms with Crippen molar-refractivity contribution in [2.45, 2.75) is 13.0 Å². The number of hydrogen-bond donors (Lipinski definition) is 2. The molecule has 0 saturated carbocycles. The lowest BCUT2D eigenvalue weighted by molar-refractivity contribution is -0.136. The van der Waals surface area contributed by atoms with Crippen molar-refractivity contribution in [1.29, 1.82) is 0 Å². The molecule has 0 bridgehead atoms. The predicted octanol–water partition coefficient (Wildman–Crippen LogP) is 0.965. The molecule has 0 spiro atoms. The quantitative estimate of drug-likeness (QED) is 0.693. The van der Waals surface area contributed by atoms with Crippen molar-refractivity contribution >= 4 is 5.97 Å². The zero-order valence-corrected chi connectivity index (χ0v) is 10.4. The van der Waals surface area contributed by atoms with Crippen LogP contribution in [-0.2, 0) is 17.8 Å². The summed E-state index contributed by atoms with van der Waals surface area (Å²) in [5.41, 5.74) is 1.95. The van der Waals surface area contributed by atoms with E-state index in [4.69, 9.17) is 5.11 Å². The number of nitrogens with one attached hydrogen (secondary N) is 1. The van der Waals surface area contributed by atoms with Gasteiger partial charge in [-0.2, -0.15) is 0 Å². The molecule has 0 aliphatic heterocycles. The number of aliphatic carboxylic acids is 1. The Hall–Kier alpha value is -1.39. The summed E-state index contributed by atoms with van der Waals surface area (Å²) >= 11 is 0. The molecule has 0 aliphatic rings. The van der Waals surface area contributed by atoms with Crippen molar-refractivity contribution in [1.82, 2.24) is 10.2 Å². The highest BCUT2D eigenvalue weighted by atomic mass is 16.4. The molecule has 1 rings (SSSR count). The Labute approximate surface area is 102 Å². The smallest absolute Gasteiger partial charge is 0.307 e. The number of hydrogen-bond acceptors (Lipinski definition) is 3. The predicted molar refractivity (Wildman–Crippen MR) is 68.0 cm³/mol. The van der Waals surface area contributed by atoms with Gasteiger partial charge in [0, 0.05) is 19.6 Å². The van der Waals surface area contributed by atoms with Crippen LogP contribution in [0.15, 0.2) is 24.3 Å². The van der Waals surface area contributed by atoms with Gasteiger partial charge in [-0.05, 0) is 25.2 Å². The number of carboxylic acids is 1. The van der Waals surface area contributed by atoms with Gasteiger partial charge in [-0.3, -0.25) is 4.79 Å². The topological polar surface area (TPSA) is 52.6 Å². The molecule has 4 nitrogen and oxygen atoms in total. The Morgan fingerprint density at radius 1 is 1.29 bits per heavy atom. The highest BCUT2D eigenvalue weighted by molar-refractivity contribution is 5.70. The second kappa shape index (κ2) is 7.04. The Balaban J connectivity index is 2.49. The molecule has 0 saturated heterocycles. The summed E-state index contributed by atoms with van der Waals surface area (Å²) in [6.07, 6.45) is 0.0888. The third-order valence-corrected chi connectivity index (χ3v) is 2.51. The van der Waals surface area contributed by atoms with E-state index in [1.165, 1.54) is 0 Å². The molecule has 0 fully saturated rings. The molecule has 0 aliphatic carbocycles. The van der Waals surface area contributed by atoms with Crippen molar-refractivity contribution in [3.05, 3.63) is 35.4 Å². The summed E-state index contributed by atoms with van der Waals surface area (Å²) in [5.74, 6) is -0.786. The minimum atomic E-state index is -0.786. The fourth-order valence-corrected chi connectivity index (χ4v) is 1.59. The van der Waals surface area contributed by atoms with E-state index in [0.29, 0.717) is 0 Å². The Kier molecular flexibility index (Phi) is 5.66. The first kappa shape index (κ1) is 13.7. The third kappa shape index (κ3) is 5.47. The molecule has 1 aromatic rings. The van der Waals surface area contributed by atoms with Crippen molar-refractivity contribution in [3.63, 3.8) is 0 Å². The van der Waals surface area contributed by atoms with Crippen LogP contribution in [0.1, 0.15) is 11.1 Å². The molecule has 4 heteroatoms. The SMILES string of the molecule is CN(C)CCNCc1ccccc1CC(=O)O. The van der Waals surface area contributed by atoms with Crippen LogP contribution in [0.4, 0.5) is 0 Å². The fourth-order valence-electron chi connectivity index (χ4n) is 1.59. The summed E-state index contributed by atoms with van der Waals surface area (Å²) in [7, 11) is 4.06. The van der Waals surface area contributed by atoms with E-state index in [-0.39, 0.29) is 6.42 Å². The number of carbonyl (C=O) groups is 1. The van der Waals surface area contributed by atoms with E-state index in [9.17, 15) is 4.79 Å². The fraction of sp³-hybridized carbons (Fsp3) is 0.462. The zero-order valence-electron chi connectivity index (χ0n) is 10.4. The maximum atomic E-state index is 10.7. The first-order valence-corrected chi connectivity index (χ1v) is 5.73. The monoisotopic (exact) mass is 236 g/mol. The zero-order chi connectivity index (χ0) is 12.7. The van der Waals surface area contributed by atoms with Crippen LogP contribution in [0, 0.1) is 0 Å². The molecule has 17 heavy (non-hydrogen) atoms. The van der Waals surface area contributed by atoms with Gasteiger partial charge in [0.1, 0.15) is 0 Å². The van der Waals surface area contributed by atoms with Crippen molar-refractivity contribution < 1.29 is 9.90 Å². The van der Waals surface area contributed by atoms with E-state index in [0.717, 1.165) is 30.8 Å². The van der Waals surface area contributed by atoms with Gasteiger partial charge in [0.05, 0.1) is 6.42 Å². The average Bonchev–Trinajstić information content (AvgIpc) is 2.25. The maximum Gasteiger partial charge on any atom is 0.307 e. The third-order valence-electron chi connectivity index (χ3n) is 2.51. The highest BCUT2D eigenvalue weighted by Crippen LogP contribution is 2.09. The van der Waals surface area contributed by atoms with Crippen LogP contribution in [0.3, 0.4) is 0 Å². The van der Waals surface area contributed by atoms with Gasteiger partial charge in [-0.1, -0.05) is 24.3 Å². The molecule has 0 radical (unpaired) electrons. The molecule has 0 aromatic heterocycles. The summed E-state index contributed by atoms with van der Waals surface area (Å²) in [4.78, 5) is 12.8. The first-order valence-electron chi connectivity index (χ1n) is 5.73. The standard InChI is InChI=1S/C13H20N2O2/c1-15(2)8-7-14-10-12-6-4-3-5-11(12)9-13(16)17/h3-6,14H,7-10H2,1-2H3,(H,16,17). The van der Waals surface area contributed by atoms with E-state index >= 15 is 0 Å². The number of likely N-dealkylation sites (N-methyl/N-ethyl adjacent to an activating group) is 1. The van der Waals surface area contributed by atoms with E-state index in [1.807, 2.05) is 38.4 Å². The van der Waals surface area contributed by atoms with Crippen LogP contribution in [0.5, 0.6) is 0 Å². The Morgan fingerprint density at radius 2 is 1.94 bits per heavy atom.